The van der Waals surface area contributed by atoms with E-state index in [1.54, 1.807) is 0 Å². The fraction of sp³-hybridized carbons (Fsp3) is 0.818. The third kappa shape index (κ3) is 5.42. The molecule has 0 bridgehead atoms. The SMILES string of the molecule is CC(C)NC(=O)C(C)N(C)C(C)CC(N)=S. The van der Waals surface area contributed by atoms with Gasteiger partial charge in [0.25, 0.3) is 0 Å². The number of carbonyl (C=O) groups excluding carboxylic acids is 1. The number of thiocarbonyl (C=S) groups is 1. The van der Waals surface area contributed by atoms with Gasteiger partial charge < -0.3 is 11.1 Å². The van der Waals surface area contributed by atoms with Crippen LogP contribution in [0.5, 0.6) is 0 Å². The minimum absolute atomic E-state index is 0.0345. The number of amides is 1. The lowest BCUT2D eigenvalue weighted by Gasteiger charge is -2.30. The van der Waals surface area contributed by atoms with E-state index in [4.69, 9.17) is 18.0 Å². The summed E-state index contributed by atoms with van der Waals surface area (Å²) in [5.74, 6) is 0.0345. The summed E-state index contributed by atoms with van der Waals surface area (Å²) in [5.41, 5.74) is 5.49. The molecule has 0 fully saturated rings. The molecule has 0 heterocycles. The van der Waals surface area contributed by atoms with Crippen molar-refractivity contribution in [1.29, 1.82) is 0 Å². The van der Waals surface area contributed by atoms with E-state index < -0.39 is 0 Å². The standard InChI is InChI=1S/C11H23N3OS/c1-7(2)13-11(15)9(4)14(5)8(3)6-10(12)16/h7-9H,6H2,1-5H3,(H2,12,16)(H,13,15). The summed E-state index contributed by atoms with van der Waals surface area (Å²) in [4.78, 5) is 14.2. The average molecular weight is 245 g/mol. The summed E-state index contributed by atoms with van der Waals surface area (Å²) in [6.45, 7) is 7.79. The van der Waals surface area contributed by atoms with Crippen LogP contribution in [0.25, 0.3) is 0 Å². The summed E-state index contributed by atoms with van der Waals surface area (Å²) >= 11 is 4.86. The van der Waals surface area contributed by atoms with Crippen molar-refractivity contribution in [2.24, 2.45) is 5.73 Å². The lowest BCUT2D eigenvalue weighted by atomic mass is 10.1. The van der Waals surface area contributed by atoms with Crippen molar-refractivity contribution in [3.8, 4) is 0 Å². The molecule has 5 heteroatoms. The molecule has 0 aliphatic carbocycles. The summed E-state index contributed by atoms with van der Waals surface area (Å²) in [6, 6.07) is 0.159. The number of nitrogens with two attached hydrogens (primary N) is 1. The molecule has 94 valence electrons. The fourth-order valence-electron chi connectivity index (χ4n) is 1.41. The molecule has 0 aliphatic rings. The van der Waals surface area contributed by atoms with Gasteiger partial charge in [0, 0.05) is 18.5 Å². The Hall–Kier alpha value is -0.680. The van der Waals surface area contributed by atoms with Crippen LogP contribution in [0.3, 0.4) is 0 Å². The van der Waals surface area contributed by atoms with Crippen LogP contribution < -0.4 is 11.1 Å². The van der Waals surface area contributed by atoms with Gasteiger partial charge >= 0.3 is 0 Å². The molecule has 2 atom stereocenters. The molecule has 3 N–H and O–H groups in total. The molecule has 0 radical (unpaired) electrons. The van der Waals surface area contributed by atoms with Crippen LogP contribution in [-0.4, -0.2) is 41.0 Å². The number of nitrogens with zero attached hydrogens (tertiary/aromatic N) is 1. The van der Waals surface area contributed by atoms with Crippen molar-refractivity contribution in [3.05, 3.63) is 0 Å². The highest BCUT2D eigenvalue weighted by atomic mass is 32.1. The quantitative estimate of drug-likeness (QED) is 0.683. The number of hydrogen-bond donors (Lipinski definition) is 2. The van der Waals surface area contributed by atoms with Gasteiger partial charge in [-0.15, -0.1) is 0 Å². The second kappa shape index (κ2) is 6.81. The molecular weight excluding hydrogens is 222 g/mol. The zero-order chi connectivity index (χ0) is 12.9. The number of carbonyl (C=O) groups is 1. The topological polar surface area (TPSA) is 58.4 Å². The number of rotatable bonds is 6. The fourth-order valence-corrected chi connectivity index (χ4v) is 1.65. The Morgan fingerprint density at radius 3 is 2.25 bits per heavy atom. The van der Waals surface area contributed by atoms with Gasteiger partial charge in [0.2, 0.25) is 5.91 Å². The van der Waals surface area contributed by atoms with E-state index in [1.807, 2.05) is 39.6 Å². The Labute approximate surface area is 104 Å². The van der Waals surface area contributed by atoms with Crippen molar-refractivity contribution >= 4 is 23.1 Å². The van der Waals surface area contributed by atoms with Crippen LogP contribution in [0.15, 0.2) is 0 Å². The molecule has 0 aromatic rings. The highest BCUT2D eigenvalue weighted by molar-refractivity contribution is 7.80. The maximum Gasteiger partial charge on any atom is 0.237 e. The normalized spacial score (nSPS) is 14.9. The van der Waals surface area contributed by atoms with Gasteiger partial charge in [-0.2, -0.15) is 0 Å². The predicted molar refractivity (Wildman–Crippen MR) is 71.4 cm³/mol. The Morgan fingerprint density at radius 2 is 1.88 bits per heavy atom. The molecule has 0 aliphatic heterocycles. The summed E-state index contributed by atoms with van der Waals surface area (Å²) < 4.78 is 0. The van der Waals surface area contributed by atoms with E-state index in [2.05, 4.69) is 5.32 Å². The molecule has 4 nitrogen and oxygen atoms in total. The van der Waals surface area contributed by atoms with Gasteiger partial charge in [0.1, 0.15) is 0 Å². The van der Waals surface area contributed by atoms with E-state index >= 15 is 0 Å². The summed E-state index contributed by atoms with van der Waals surface area (Å²) in [7, 11) is 1.91. The van der Waals surface area contributed by atoms with E-state index in [-0.39, 0.29) is 24.0 Å². The Balaban J connectivity index is 4.30. The van der Waals surface area contributed by atoms with Crippen LogP contribution in [0.2, 0.25) is 0 Å². The highest BCUT2D eigenvalue weighted by Crippen LogP contribution is 2.06. The van der Waals surface area contributed by atoms with Gasteiger partial charge in [-0.1, -0.05) is 12.2 Å². The highest BCUT2D eigenvalue weighted by Gasteiger charge is 2.22. The zero-order valence-electron chi connectivity index (χ0n) is 10.8. The van der Waals surface area contributed by atoms with Crippen LogP contribution >= 0.6 is 12.2 Å². The largest absolute Gasteiger partial charge is 0.393 e. The number of likely N-dealkylation sites (N-methyl/N-ethyl adjacent to an activating group) is 1. The predicted octanol–water partition coefficient (Wildman–Crippen LogP) is 0.896. The van der Waals surface area contributed by atoms with Gasteiger partial charge in [-0.05, 0) is 34.7 Å². The van der Waals surface area contributed by atoms with Crippen molar-refractivity contribution in [2.75, 3.05) is 7.05 Å². The molecule has 0 saturated heterocycles. The monoisotopic (exact) mass is 245 g/mol. The van der Waals surface area contributed by atoms with Crippen LogP contribution in [0, 0.1) is 0 Å². The van der Waals surface area contributed by atoms with Crippen molar-refractivity contribution < 1.29 is 4.79 Å². The van der Waals surface area contributed by atoms with Crippen LogP contribution in [0.4, 0.5) is 0 Å². The molecule has 1 amide bonds. The van der Waals surface area contributed by atoms with E-state index in [9.17, 15) is 4.79 Å². The molecule has 0 aromatic heterocycles. The minimum atomic E-state index is -0.174. The average Bonchev–Trinajstić information content (AvgIpc) is 2.13. The summed E-state index contributed by atoms with van der Waals surface area (Å²) in [6.07, 6.45) is 0.630. The lowest BCUT2D eigenvalue weighted by Crippen LogP contribution is -2.49. The van der Waals surface area contributed by atoms with Crippen molar-refractivity contribution in [2.45, 2.75) is 52.2 Å². The van der Waals surface area contributed by atoms with Crippen LogP contribution in [0.1, 0.15) is 34.1 Å². The second-order valence-corrected chi connectivity index (χ2v) is 5.05. The maximum atomic E-state index is 11.8. The van der Waals surface area contributed by atoms with Gasteiger partial charge in [0.15, 0.2) is 0 Å². The minimum Gasteiger partial charge on any atom is -0.393 e. The first-order valence-electron chi connectivity index (χ1n) is 5.56. The third-order valence-corrected chi connectivity index (χ3v) is 2.78. The molecule has 0 aromatic carbocycles. The van der Waals surface area contributed by atoms with E-state index in [1.165, 1.54) is 0 Å². The third-order valence-electron chi connectivity index (χ3n) is 2.61. The van der Waals surface area contributed by atoms with E-state index in [0.29, 0.717) is 11.4 Å². The number of hydrogen-bond acceptors (Lipinski definition) is 3. The number of nitrogens with one attached hydrogen (secondary N) is 1. The van der Waals surface area contributed by atoms with E-state index in [0.717, 1.165) is 0 Å². The molecule has 2 unspecified atom stereocenters. The Kier molecular flexibility index (Phi) is 6.52. The molecule has 0 spiro atoms. The Bertz CT molecular complexity index is 256. The zero-order valence-corrected chi connectivity index (χ0v) is 11.6. The maximum absolute atomic E-state index is 11.8. The second-order valence-electron chi connectivity index (χ2n) is 4.52. The smallest absolute Gasteiger partial charge is 0.237 e. The van der Waals surface area contributed by atoms with Gasteiger partial charge in [0.05, 0.1) is 11.0 Å². The summed E-state index contributed by atoms with van der Waals surface area (Å²) in [5, 5.41) is 2.89. The van der Waals surface area contributed by atoms with Crippen LogP contribution in [-0.2, 0) is 4.79 Å². The molecular formula is C11H23N3OS. The molecule has 0 saturated carbocycles. The van der Waals surface area contributed by atoms with Gasteiger partial charge in [-0.3, -0.25) is 9.69 Å². The van der Waals surface area contributed by atoms with Gasteiger partial charge in [-0.25, -0.2) is 0 Å². The molecule has 16 heavy (non-hydrogen) atoms. The molecule has 0 rings (SSSR count). The Morgan fingerprint density at radius 1 is 1.38 bits per heavy atom. The van der Waals surface area contributed by atoms with Crippen molar-refractivity contribution in [3.63, 3.8) is 0 Å². The van der Waals surface area contributed by atoms with Crippen molar-refractivity contribution in [1.82, 2.24) is 10.2 Å². The first-order chi connectivity index (χ1) is 7.25. The first kappa shape index (κ1) is 15.3. The first-order valence-corrected chi connectivity index (χ1v) is 5.97. The lowest BCUT2D eigenvalue weighted by molar-refractivity contribution is -0.126.